The number of thiophene rings is 1. The molecule has 136 valence electrons. The van der Waals surface area contributed by atoms with Crippen molar-refractivity contribution in [2.24, 2.45) is 5.73 Å². The number of aryl methyl sites for hydroxylation is 1. The van der Waals surface area contributed by atoms with Crippen molar-refractivity contribution >= 4 is 42.1 Å². The zero-order chi connectivity index (χ0) is 15.9. The normalized spacial score (nSPS) is 11.3. The maximum atomic E-state index is 12.1. The minimum atomic E-state index is -0.0557. The standard InChI is InChI=1S/C16H23N3O2S.2ClH/c1-3-4-5-13(9-17)18-15(20)8-14-11(2)21-16(19-14)12-6-7-22-10-12;;/h6-7,10,13H,3-5,8-9,17H2,1-2H3,(H,18,20);2*1H. The molecule has 2 aromatic heterocycles. The van der Waals surface area contributed by atoms with Gasteiger partial charge in [-0.2, -0.15) is 11.3 Å². The fraction of sp³-hybridized carbons (Fsp3) is 0.500. The summed E-state index contributed by atoms with van der Waals surface area (Å²) in [7, 11) is 0. The summed E-state index contributed by atoms with van der Waals surface area (Å²) in [5.41, 5.74) is 7.34. The van der Waals surface area contributed by atoms with Gasteiger partial charge in [0, 0.05) is 23.5 Å². The summed E-state index contributed by atoms with van der Waals surface area (Å²) in [5.74, 6) is 1.21. The Hall–Kier alpha value is -1.08. The first kappa shape index (κ1) is 22.9. The molecule has 1 amide bonds. The average Bonchev–Trinajstić information content (AvgIpc) is 3.14. The largest absolute Gasteiger partial charge is 0.441 e. The second-order valence-corrected chi connectivity index (χ2v) is 6.13. The summed E-state index contributed by atoms with van der Waals surface area (Å²) in [4.78, 5) is 16.6. The Morgan fingerprint density at radius 2 is 2.21 bits per heavy atom. The van der Waals surface area contributed by atoms with Gasteiger partial charge < -0.3 is 15.5 Å². The van der Waals surface area contributed by atoms with Crippen molar-refractivity contribution in [3.63, 3.8) is 0 Å². The van der Waals surface area contributed by atoms with Gasteiger partial charge in [-0.25, -0.2) is 4.98 Å². The highest BCUT2D eigenvalue weighted by molar-refractivity contribution is 7.08. The molecule has 0 spiro atoms. The number of hydrogen-bond donors (Lipinski definition) is 2. The number of carbonyl (C=O) groups is 1. The molecule has 24 heavy (non-hydrogen) atoms. The second-order valence-electron chi connectivity index (χ2n) is 5.35. The SMILES string of the molecule is CCCCC(CN)NC(=O)Cc1nc(-c2ccsc2)oc1C.Cl.Cl. The summed E-state index contributed by atoms with van der Waals surface area (Å²) in [6.07, 6.45) is 3.30. The molecule has 5 nitrogen and oxygen atoms in total. The van der Waals surface area contributed by atoms with Crippen LogP contribution in [0.25, 0.3) is 11.5 Å². The lowest BCUT2D eigenvalue weighted by molar-refractivity contribution is -0.121. The van der Waals surface area contributed by atoms with Crippen molar-refractivity contribution in [3.8, 4) is 11.5 Å². The van der Waals surface area contributed by atoms with Gasteiger partial charge in [0.25, 0.3) is 0 Å². The lowest BCUT2D eigenvalue weighted by atomic mass is 10.1. The van der Waals surface area contributed by atoms with Gasteiger partial charge >= 0.3 is 0 Å². The number of unbranched alkanes of at least 4 members (excludes halogenated alkanes) is 1. The first-order chi connectivity index (χ1) is 10.6. The molecule has 0 saturated heterocycles. The van der Waals surface area contributed by atoms with Crippen molar-refractivity contribution in [3.05, 3.63) is 28.3 Å². The molecule has 1 atom stereocenters. The number of halogens is 2. The third-order valence-electron chi connectivity index (χ3n) is 3.54. The molecule has 0 aliphatic rings. The number of nitrogens with one attached hydrogen (secondary N) is 1. The number of hydrogen-bond acceptors (Lipinski definition) is 5. The molecule has 0 fully saturated rings. The Kier molecular flexibility index (Phi) is 11.0. The number of amides is 1. The van der Waals surface area contributed by atoms with Crippen molar-refractivity contribution in [1.82, 2.24) is 10.3 Å². The molecule has 0 bridgehead atoms. The monoisotopic (exact) mass is 393 g/mol. The Morgan fingerprint density at radius 3 is 2.79 bits per heavy atom. The fourth-order valence-electron chi connectivity index (χ4n) is 2.23. The average molecular weight is 394 g/mol. The van der Waals surface area contributed by atoms with E-state index in [1.165, 1.54) is 0 Å². The van der Waals surface area contributed by atoms with Crippen LogP contribution in [0.5, 0.6) is 0 Å². The van der Waals surface area contributed by atoms with Gasteiger partial charge in [-0.05, 0) is 24.8 Å². The highest BCUT2D eigenvalue weighted by atomic mass is 35.5. The van der Waals surface area contributed by atoms with Gasteiger partial charge in [-0.1, -0.05) is 19.8 Å². The van der Waals surface area contributed by atoms with E-state index in [-0.39, 0.29) is 43.2 Å². The van der Waals surface area contributed by atoms with E-state index in [1.54, 1.807) is 11.3 Å². The Bertz CT molecular complexity index is 602. The van der Waals surface area contributed by atoms with Crippen LogP contribution in [0.1, 0.15) is 37.6 Å². The van der Waals surface area contributed by atoms with E-state index in [0.717, 1.165) is 24.8 Å². The molecule has 1 unspecified atom stereocenters. The molecule has 0 aliphatic heterocycles. The third-order valence-corrected chi connectivity index (χ3v) is 4.23. The molecular weight excluding hydrogens is 369 g/mol. The Morgan fingerprint density at radius 1 is 1.46 bits per heavy atom. The molecule has 8 heteroatoms. The second kappa shape index (κ2) is 11.5. The number of nitrogens with zero attached hydrogens (tertiary/aromatic N) is 1. The number of nitrogens with two attached hydrogens (primary N) is 1. The summed E-state index contributed by atoms with van der Waals surface area (Å²) >= 11 is 1.59. The van der Waals surface area contributed by atoms with Gasteiger partial charge in [-0.15, -0.1) is 24.8 Å². The van der Waals surface area contributed by atoms with Crippen LogP contribution in [0.15, 0.2) is 21.2 Å². The van der Waals surface area contributed by atoms with Crippen LogP contribution in [0.3, 0.4) is 0 Å². The molecule has 2 aromatic rings. The number of oxazole rings is 1. The summed E-state index contributed by atoms with van der Waals surface area (Å²) in [6, 6.07) is 1.99. The maximum Gasteiger partial charge on any atom is 0.227 e. The Labute approximate surface area is 159 Å². The zero-order valence-electron chi connectivity index (χ0n) is 13.9. The van der Waals surface area contributed by atoms with Crippen molar-refractivity contribution < 1.29 is 9.21 Å². The van der Waals surface area contributed by atoms with E-state index >= 15 is 0 Å². The predicted octanol–water partition coefficient (Wildman–Crippen LogP) is 3.73. The molecular formula is C16H25Cl2N3O2S. The predicted molar refractivity (Wildman–Crippen MR) is 103 cm³/mol. The minimum absolute atomic E-state index is 0. The van der Waals surface area contributed by atoms with E-state index in [0.29, 0.717) is 23.9 Å². The summed E-state index contributed by atoms with van der Waals surface area (Å²) in [6.45, 7) is 4.42. The maximum absolute atomic E-state index is 12.1. The minimum Gasteiger partial charge on any atom is -0.441 e. The molecule has 0 radical (unpaired) electrons. The van der Waals surface area contributed by atoms with E-state index in [4.69, 9.17) is 10.2 Å². The first-order valence-electron chi connectivity index (χ1n) is 7.62. The fourth-order valence-corrected chi connectivity index (χ4v) is 2.86. The van der Waals surface area contributed by atoms with E-state index in [2.05, 4.69) is 17.2 Å². The molecule has 0 saturated carbocycles. The van der Waals surface area contributed by atoms with Crippen LogP contribution < -0.4 is 11.1 Å². The van der Waals surface area contributed by atoms with Gasteiger partial charge in [0.2, 0.25) is 11.8 Å². The van der Waals surface area contributed by atoms with Gasteiger partial charge in [0.15, 0.2) is 0 Å². The lowest BCUT2D eigenvalue weighted by Crippen LogP contribution is -2.41. The van der Waals surface area contributed by atoms with Crippen molar-refractivity contribution in [1.29, 1.82) is 0 Å². The number of aromatic nitrogens is 1. The third kappa shape index (κ3) is 6.43. The zero-order valence-corrected chi connectivity index (χ0v) is 16.4. The number of rotatable bonds is 8. The van der Waals surface area contributed by atoms with E-state index < -0.39 is 0 Å². The van der Waals surface area contributed by atoms with Gasteiger partial charge in [0.05, 0.1) is 12.1 Å². The van der Waals surface area contributed by atoms with Crippen LogP contribution in [0.4, 0.5) is 0 Å². The summed E-state index contributed by atoms with van der Waals surface area (Å²) < 4.78 is 5.65. The van der Waals surface area contributed by atoms with E-state index in [1.807, 2.05) is 23.8 Å². The van der Waals surface area contributed by atoms with Crippen LogP contribution >= 0.6 is 36.2 Å². The van der Waals surface area contributed by atoms with Gasteiger partial charge in [0.1, 0.15) is 5.76 Å². The van der Waals surface area contributed by atoms with Crippen LogP contribution in [0, 0.1) is 6.92 Å². The van der Waals surface area contributed by atoms with E-state index in [9.17, 15) is 4.79 Å². The molecule has 0 aromatic carbocycles. The highest BCUT2D eigenvalue weighted by Crippen LogP contribution is 2.24. The lowest BCUT2D eigenvalue weighted by Gasteiger charge is -2.16. The highest BCUT2D eigenvalue weighted by Gasteiger charge is 2.16. The van der Waals surface area contributed by atoms with Crippen LogP contribution in [-0.2, 0) is 11.2 Å². The molecule has 2 rings (SSSR count). The summed E-state index contributed by atoms with van der Waals surface area (Å²) in [5, 5.41) is 6.93. The van der Waals surface area contributed by atoms with Crippen molar-refractivity contribution in [2.75, 3.05) is 6.54 Å². The quantitative estimate of drug-likeness (QED) is 0.715. The molecule has 0 aliphatic carbocycles. The van der Waals surface area contributed by atoms with Gasteiger partial charge in [-0.3, -0.25) is 4.79 Å². The number of carbonyl (C=O) groups excluding carboxylic acids is 1. The van der Waals surface area contributed by atoms with Crippen LogP contribution in [0.2, 0.25) is 0 Å². The molecule has 2 heterocycles. The smallest absolute Gasteiger partial charge is 0.227 e. The van der Waals surface area contributed by atoms with Crippen molar-refractivity contribution in [2.45, 2.75) is 45.6 Å². The molecule has 3 N–H and O–H groups in total. The topological polar surface area (TPSA) is 81.1 Å². The van der Waals surface area contributed by atoms with Crippen LogP contribution in [-0.4, -0.2) is 23.5 Å². The first-order valence-corrected chi connectivity index (χ1v) is 8.56. The Balaban J connectivity index is 0.00000264.